The van der Waals surface area contributed by atoms with Gasteiger partial charge in [0.05, 0.1) is 6.13 Å². The lowest BCUT2D eigenvalue weighted by Crippen LogP contribution is -2.17. The van der Waals surface area contributed by atoms with Crippen molar-refractivity contribution in [2.45, 2.75) is 6.13 Å². The van der Waals surface area contributed by atoms with Gasteiger partial charge in [-0.1, -0.05) is 0 Å². The Morgan fingerprint density at radius 1 is 2.00 bits per heavy atom. The normalized spacial score (nSPS) is 15.5. The van der Waals surface area contributed by atoms with E-state index >= 15 is 0 Å². The first kappa shape index (κ1) is 3.98. The smallest absolute Gasteiger partial charge is 0.130 e. The second kappa shape index (κ2) is 1.32. The quantitative estimate of drug-likeness (QED) is 0.259. The SMILES string of the molecule is [B]C(N)O. The first-order valence-corrected chi connectivity index (χ1v) is 0.925. The third kappa shape index (κ3) is 8480. The monoisotopic (exact) mass is 57.0 g/mol. The highest BCUT2D eigenvalue weighted by Gasteiger charge is 1.68. The van der Waals surface area contributed by atoms with Crippen molar-refractivity contribution in [2.24, 2.45) is 5.73 Å². The fraction of sp³-hybridized carbons (Fsp3) is 1.00. The Hall–Kier alpha value is -0.0151. The molecule has 0 rings (SSSR count). The van der Waals surface area contributed by atoms with E-state index in [1.807, 2.05) is 0 Å². The summed E-state index contributed by atoms with van der Waals surface area (Å²) < 4.78 is 0. The van der Waals surface area contributed by atoms with Gasteiger partial charge in [0.15, 0.2) is 0 Å². The second-order valence-electron chi connectivity index (χ2n) is 0.491. The van der Waals surface area contributed by atoms with E-state index in [2.05, 4.69) is 13.6 Å². The van der Waals surface area contributed by atoms with E-state index in [9.17, 15) is 0 Å². The van der Waals surface area contributed by atoms with Crippen molar-refractivity contribution >= 4 is 7.85 Å². The third-order valence-corrected chi connectivity index (χ3v) is 0. The zero-order valence-corrected chi connectivity index (χ0v) is 2.18. The highest BCUT2D eigenvalue weighted by atomic mass is 16.3. The van der Waals surface area contributed by atoms with Gasteiger partial charge in [-0.15, -0.1) is 0 Å². The van der Waals surface area contributed by atoms with Crippen LogP contribution in [-0.4, -0.2) is 19.1 Å². The van der Waals surface area contributed by atoms with Gasteiger partial charge in [-0.05, 0) is 0 Å². The largest absolute Gasteiger partial charge is 0.389 e. The standard InChI is InChI=1S/CH4BNO/c2-1(3)4/h1,4H,3H2. The van der Waals surface area contributed by atoms with Crippen molar-refractivity contribution in [1.29, 1.82) is 0 Å². The molecule has 0 saturated carbocycles. The van der Waals surface area contributed by atoms with Gasteiger partial charge in [0.1, 0.15) is 7.85 Å². The minimum absolute atomic E-state index is 1.17. The van der Waals surface area contributed by atoms with Crippen LogP contribution < -0.4 is 5.73 Å². The van der Waals surface area contributed by atoms with Crippen molar-refractivity contribution in [3.63, 3.8) is 0 Å². The molecular weight excluding hydrogens is 52.8 g/mol. The van der Waals surface area contributed by atoms with Gasteiger partial charge in [-0.3, -0.25) is 0 Å². The van der Waals surface area contributed by atoms with Crippen LogP contribution in [0, 0.1) is 0 Å². The molecule has 3 heteroatoms. The molecule has 1 atom stereocenters. The van der Waals surface area contributed by atoms with E-state index in [1.54, 1.807) is 0 Å². The van der Waals surface area contributed by atoms with Crippen LogP contribution in [0.15, 0.2) is 0 Å². The van der Waals surface area contributed by atoms with Crippen LogP contribution in [0.5, 0.6) is 0 Å². The minimum atomic E-state index is -1.17. The predicted octanol–water partition coefficient (Wildman–Crippen LogP) is -1.61. The highest BCUT2D eigenvalue weighted by Crippen LogP contribution is 1.38. The lowest BCUT2D eigenvalue weighted by molar-refractivity contribution is 0.264. The van der Waals surface area contributed by atoms with Crippen LogP contribution in [0.25, 0.3) is 0 Å². The van der Waals surface area contributed by atoms with Crippen molar-refractivity contribution < 1.29 is 5.11 Å². The molecule has 0 aliphatic heterocycles. The summed E-state index contributed by atoms with van der Waals surface area (Å²) in [5.41, 5.74) is 4.44. The number of nitrogens with two attached hydrogens (primary N) is 1. The summed E-state index contributed by atoms with van der Waals surface area (Å²) in [6, 6.07) is 0. The Kier molecular flexibility index (Phi) is 1.31. The number of hydrogen-bond donors (Lipinski definition) is 2. The molecule has 0 aliphatic carbocycles. The Morgan fingerprint density at radius 3 is 2.00 bits per heavy atom. The fourth-order valence-corrected chi connectivity index (χ4v) is 0. The van der Waals surface area contributed by atoms with E-state index < -0.39 is 6.13 Å². The first-order chi connectivity index (χ1) is 1.73. The molecule has 2 nitrogen and oxygen atoms in total. The molecule has 0 aromatic carbocycles. The minimum Gasteiger partial charge on any atom is -0.389 e. The van der Waals surface area contributed by atoms with Gasteiger partial charge >= 0.3 is 0 Å². The Labute approximate surface area is 26.0 Å². The fourth-order valence-electron chi connectivity index (χ4n) is 0. The van der Waals surface area contributed by atoms with Crippen LogP contribution in [0.2, 0.25) is 0 Å². The van der Waals surface area contributed by atoms with Gasteiger partial charge in [0.25, 0.3) is 0 Å². The summed E-state index contributed by atoms with van der Waals surface area (Å²) in [5, 5.41) is 7.61. The maximum atomic E-state index is 7.61. The molecule has 0 heterocycles. The third-order valence-electron chi connectivity index (χ3n) is 0. The molecule has 2 radical (unpaired) electrons. The van der Waals surface area contributed by atoms with Crippen LogP contribution in [0.3, 0.4) is 0 Å². The van der Waals surface area contributed by atoms with E-state index in [-0.39, 0.29) is 0 Å². The summed E-state index contributed by atoms with van der Waals surface area (Å²) >= 11 is 0. The zero-order valence-electron chi connectivity index (χ0n) is 2.18. The van der Waals surface area contributed by atoms with Crippen LogP contribution in [0.4, 0.5) is 0 Å². The van der Waals surface area contributed by atoms with Gasteiger partial charge in [-0.25, -0.2) is 0 Å². The van der Waals surface area contributed by atoms with Gasteiger partial charge in [0.2, 0.25) is 0 Å². The van der Waals surface area contributed by atoms with Crippen molar-refractivity contribution in [3.8, 4) is 0 Å². The topological polar surface area (TPSA) is 46.2 Å². The Balaban J connectivity index is 2.32. The lowest BCUT2D eigenvalue weighted by atomic mass is 10.1. The van der Waals surface area contributed by atoms with E-state index in [0.717, 1.165) is 0 Å². The van der Waals surface area contributed by atoms with Crippen molar-refractivity contribution in [2.75, 3.05) is 0 Å². The van der Waals surface area contributed by atoms with E-state index in [4.69, 9.17) is 5.11 Å². The van der Waals surface area contributed by atoms with Crippen LogP contribution in [0.1, 0.15) is 0 Å². The molecule has 0 saturated heterocycles. The average Bonchev–Trinajstić information content (AvgIpc) is 0.811. The maximum Gasteiger partial charge on any atom is 0.130 e. The second-order valence-corrected chi connectivity index (χ2v) is 0.491. The molecule has 1 unspecified atom stereocenters. The molecule has 0 aromatic rings. The lowest BCUT2D eigenvalue weighted by Gasteiger charge is -1.82. The van der Waals surface area contributed by atoms with Crippen LogP contribution in [-0.2, 0) is 0 Å². The predicted molar refractivity (Wildman–Crippen MR) is 15.9 cm³/mol. The summed E-state index contributed by atoms with van der Waals surface area (Å²) in [7, 11) is 4.44. The van der Waals surface area contributed by atoms with Gasteiger partial charge < -0.3 is 10.8 Å². The average molecular weight is 56.9 g/mol. The Morgan fingerprint density at radius 2 is 2.00 bits per heavy atom. The van der Waals surface area contributed by atoms with Gasteiger partial charge in [-0.2, -0.15) is 0 Å². The number of aliphatic hydroxyl groups excluding tert-OH is 1. The zero-order chi connectivity index (χ0) is 3.58. The van der Waals surface area contributed by atoms with Gasteiger partial charge in [0, 0.05) is 0 Å². The van der Waals surface area contributed by atoms with Crippen LogP contribution >= 0.6 is 0 Å². The molecule has 3 N–H and O–H groups in total. The molecule has 0 amide bonds. The van der Waals surface area contributed by atoms with Crippen molar-refractivity contribution in [3.05, 3.63) is 0 Å². The van der Waals surface area contributed by atoms with E-state index in [1.165, 1.54) is 0 Å². The summed E-state index contributed by atoms with van der Waals surface area (Å²) in [5.74, 6) is 0. The molecular formula is CH4BNO. The summed E-state index contributed by atoms with van der Waals surface area (Å²) in [6.07, 6.45) is -1.17. The molecule has 0 fully saturated rings. The Bertz CT molecular complexity index is 12.8. The molecule has 4 heavy (non-hydrogen) atoms. The molecule has 0 spiro atoms. The summed E-state index contributed by atoms with van der Waals surface area (Å²) in [6.45, 7) is 0. The molecule has 22 valence electrons. The first-order valence-electron chi connectivity index (χ1n) is 0.925. The summed E-state index contributed by atoms with van der Waals surface area (Å²) in [4.78, 5) is 0. The van der Waals surface area contributed by atoms with E-state index in [0.29, 0.717) is 0 Å². The number of aliphatic hydroxyl groups is 1. The molecule has 0 aliphatic rings. The molecule has 0 bridgehead atoms. The van der Waals surface area contributed by atoms with Crippen molar-refractivity contribution in [1.82, 2.24) is 0 Å². The number of rotatable bonds is 0. The highest BCUT2D eigenvalue weighted by molar-refractivity contribution is 6.10. The molecule has 0 aromatic heterocycles. The maximum absolute atomic E-state index is 7.61. The number of hydrogen-bond acceptors (Lipinski definition) is 2.